The zero-order valence-electron chi connectivity index (χ0n) is 9.36. The van der Waals surface area contributed by atoms with Crippen molar-refractivity contribution >= 4 is 11.6 Å². The first-order valence-corrected chi connectivity index (χ1v) is 5.67. The minimum atomic E-state index is -0.309. The summed E-state index contributed by atoms with van der Waals surface area (Å²) in [7, 11) is 2.10. The number of carbonyl (C=O) groups is 1. The fourth-order valence-electron chi connectivity index (χ4n) is 2.75. The standard InChI is InChI=1S/C12H15N3O/c1-15-6-3-12(4-7-15)9-8-13-5-2-10(9)14-11(12)16/h2,5,8H,3-4,6-7H2,1H3,(H,14,16). The van der Waals surface area contributed by atoms with Crippen molar-refractivity contribution in [3.05, 3.63) is 24.0 Å². The predicted octanol–water partition coefficient (Wildman–Crippen LogP) is 0.997. The lowest BCUT2D eigenvalue weighted by Gasteiger charge is -2.35. The van der Waals surface area contributed by atoms with E-state index in [1.165, 1.54) is 0 Å². The minimum absolute atomic E-state index is 0.156. The van der Waals surface area contributed by atoms with Gasteiger partial charge in [-0.15, -0.1) is 0 Å². The highest BCUT2D eigenvalue weighted by atomic mass is 16.2. The Morgan fingerprint density at radius 1 is 1.44 bits per heavy atom. The molecule has 0 bridgehead atoms. The van der Waals surface area contributed by atoms with Crippen molar-refractivity contribution in [1.82, 2.24) is 9.88 Å². The van der Waals surface area contributed by atoms with E-state index in [1.54, 1.807) is 6.20 Å². The number of anilines is 1. The van der Waals surface area contributed by atoms with E-state index in [2.05, 4.69) is 22.2 Å². The van der Waals surface area contributed by atoms with Crippen molar-refractivity contribution in [3.63, 3.8) is 0 Å². The van der Waals surface area contributed by atoms with E-state index in [4.69, 9.17) is 0 Å². The summed E-state index contributed by atoms with van der Waals surface area (Å²) in [6, 6.07) is 1.89. The van der Waals surface area contributed by atoms with Gasteiger partial charge in [-0.2, -0.15) is 0 Å². The fraction of sp³-hybridized carbons (Fsp3) is 0.500. The monoisotopic (exact) mass is 217 g/mol. The Kier molecular flexibility index (Phi) is 2.01. The maximum Gasteiger partial charge on any atom is 0.235 e. The fourth-order valence-corrected chi connectivity index (χ4v) is 2.75. The zero-order chi connectivity index (χ0) is 11.2. The highest BCUT2D eigenvalue weighted by Gasteiger charge is 2.48. The second kappa shape index (κ2) is 3.28. The average molecular weight is 217 g/mol. The van der Waals surface area contributed by atoms with Crippen LogP contribution >= 0.6 is 0 Å². The normalized spacial score (nSPS) is 23.2. The van der Waals surface area contributed by atoms with Gasteiger partial charge in [-0.3, -0.25) is 9.78 Å². The van der Waals surface area contributed by atoms with Crippen LogP contribution in [0.3, 0.4) is 0 Å². The van der Waals surface area contributed by atoms with Gasteiger partial charge in [-0.25, -0.2) is 0 Å². The minimum Gasteiger partial charge on any atom is -0.325 e. The summed E-state index contributed by atoms with van der Waals surface area (Å²) in [4.78, 5) is 18.6. The summed E-state index contributed by atoms with van der Waals surface area (Å²) in [5, 5.41) is 2.98. The zero-order valence-corrected chi connectivity index (χ0v) is 9.36. The third-order valence-corrected chi connectivity index (χ3v) is 3.86. The molecule has 1 N–H and O–H groups in total. The molecule has 4 heteroatoms. The summed E-state index contributed by atoms with van der Waals surface area (Å²) >= 11 is 0. The van der Waals surface area contributed by atoms with Crippen LogP contribution in [0.1, 0.15) is 18.4 Å². The number of piperidine rings is 1. The molecule has 84 valence electrons. The average Bonchev–Trinajstić information content (AvgIpc) is 2.57. The molecule has 1 fully saturated rings. The number of hydrogen-bond acceptors (Lipinski definition) is 3. The maximum absolute atomic E-state index is 12.2. The predicted molar refractivity (Wildman–Crippen MR) is 61.3 cm³/mol. The maximum atomic E-state index is 12.2. The summed E-state index contributed by atoms with van der Waals surface area (Å²) in [6.45, 7) is 1.95. The molecular weight excluding hydrogens is 202 g/mol. The van der Waals surface area contributed by atoms with Gasteiger partial charge in [0.1, 0.15) is 0 Å². The first-order valence-electron chi connectivity index (χ1n) is 5.67. The molecule has 2 aliphatic heterocycles. The number of nitrogens with zero attached hydrogens (tertiary/aromatic N) is 2. The molecule has 1 aromatic heterocycles. The van der Waals surface area contributed by atoms with E-state index in [0.29, 0.717) is 0 Å². The third-order valence-electron chi connectivity index (χ3n) is 3.86. The van der Waals surface area contributed by atoms with Gasteiger partial charge in [0.2, 0.25) is 5.91 Å². The molecule has 1 spiro atoms. The lowest BCUT2D eigenvalue weighted by Crippen LogP contribution is -2.45. The molecule has 4 nitrogen and oxygen atoms in total. The molecule has 0 atom stereocenters. The Morgan fingerprint density at radius 3 is 2.94 bits per heavy atom. The van der Waals surface area contributed by atoms with E-state index in [1.807, 2.05) is 12.3 Å². The summed E-state index contributed by atoms with van der Waals surface area (Å²) < 4.78 is 0. The van der Waals surface area contributed by atoms with Gasteiger partial charge >= 0.3 is 0 Å². The van der Waals surface area contributed by atoms with Crippen LogP contribution in [0, 0.1) is 0 Å². The molecule has 1 aromatic rings. The van der Waals surface area contributed by atoms with Crippen LogP contribution in [-0.4, -0.2) is 35.9 Å². The largest absolute Gasteiger partial charge is 0.325 e. The van der Waals surface area contributed by atoms with E-state index in [9.17, 15) is 4.79 Å². The number of carbonyl (C=O) groups excluding carboxylic acids is 1. The first kappa shape index (κ1) is 9.78. The molecule has 2 aliphatic rings. The van der Waals surface area contributed by atoms with Crippen LogP contribution in [0.2, 0.25) is 0 Å². The number of aromatic nitrogens is 1. The van der Waals surface area contributed by atoms with Crippen LogP contribution in [0.5, 0.6) is 0 Å². The van der Waals surface area contributed by atoms with Crippen molar-refractivity contribution in [3.8, 4) is 0 Å². The number of rotatable bonds is 0. The van der Waals surface area contributed by atoms with Crippen molar-refractivity contribution in [1.29, 1.82) is 0 Å². The molecule has 0 aliphatic carbocycles. The second-order valence-corrected chi connectivity index (χ2v) is 4.76. The van der Waals surface area contributed by atoms with Gasteiger partial charge in [-0.1, -0.05) is 0 Å². The topological polar surface area (TPSA) is 45.2 Å². The van der Waals surface area contributed by atoms with E-state index in [-0.39, 0.29) is 11.3 Å². The quantitative estimate of drug-likeness (QED) is 0.705. The van der Waals surface area contributed by atoms with Crippen molar-refractivity contribution in [2.24, 2.45) is 0 Å². The van der Waals surface area contributed by atoms with Gasteiger partial charge in [0.25, 0.3) is 0 Å². The lowest BCUT2D eigenvalue weighted by molar-refractivity contribution is -0.122. The van der Waals surface area contributed by atoms with Crippen LogP contribution in [0.4, 0.5) is 5.69 Å². The Balaban J connectivity index is 2.04. The first-order chi connectivity index (χ1) is 7.72. The molecule has 1 amide bonds. The second-order valence-electron chi connectivity index (χ2n) is 4.76. The number of hydrogen-bond donors (Lipinski definition) is 1. The summed E-state index contributed by atoms with van der Waals surface area (Å²) in [6.07, 6.45) is 5.37. The van der Waals surface area contributed by atoms with E-state index < -0.39 is 0 Å². The summed E-state index contributed by atoms with van der Waals surface area (Å²) in [5.41, 5.74) is 1.73. The van der Waals surface area contributed by atoms with Gasteiger partial charge in [0, 0.05) is 23.6 Å². The molecule has 3 rings (SSSR count). The molecule has 0 aromatic carbocycles. The summed E-state index contributed by atoms with van der Waals surface area (Å²) in [5.74, 6) is 0.156. The Labute approximate surface area is 94.7 Å². The van der Waals surface area contributed by atoms with Gasteiger partial charge < -0.3 is 10.2 Å². The molecular formula is C12H15N3O. The van der Waals surface area contributed by atoms with Crippen LogP contribution in [0.25, 0.3) is 0 Å². The van der Waals surface area contributed by atoms with Gasteiger partial charge in [-0.05, 0) is 39.0 Å². The Hall–Kier alpha value is -1.42. The molecule has 0 radical (unpaired) electrons. The van der Waals surface area contributed by atoms with Crippen LogP contribution < -0.4 is 5.32 Å². The number of pyridine rings is 1. The Bertz CT molecular complexity index is 436. The molecule has 16 heavy (non-hydrogen) atoms. The number of fused-ring (bicyclic) bond motifs is 2. The Morgan fingerprint density at radius 2 is 2.19 bits per heavy atom. The molecule has 3 heterocycles. The SMILES string of the molecule is CN1CCC2(CC1)C(=O)Nc1ccncc12. The van der Waals surface area contributed by atoms with Crippen molar-refractivity contribution in [2.45, 2.75) is 18.3 Å². The van der Waals surface area contributed by atoms with Crippen molar-refractivity contribution < 1.29 is 4.79 Å². The molecule has 0 unspecified atom stereocenters. The third kappa shape index (κ3) is 1.19. The number of nitrogens with one attached hydrogen (secondary N) is 1. The highest BCUT2D eigenvalue weighted by Crippen LogP contribution is 2.43. The molecule has 0 saturated carbocycles. The van der Waals surface area contributed by atoms with E-state index >= 15 is 0 Å². The lowest BCUT2D eigenvalue weighted by atomic mass is 9.74. The number of amides is 1. The highest BCUT2D eigenvalue weighted by molar-refractivity contribution is 6.06. The van der Waals surface area contributed by atoms with E-state index in [0.717, 1.165) is 37.2 Å². The van der Waals surface area contributed by atoms with Crippen LogP contribution in [-0.2, 0) is 10.2 Å². The molecule has 1 saturated heterocycles. The smallest absolute Gasteiger partial charge is 0.235 e. The van der Waals surface area contributed by atoms with Crippen LogP contribution in [0.15, 0.2) is 18.5 Å². The number of likely N-dealkylation sites (tertiary alicyclic amines) is 1. The van der Waals surface area contributed by atoms with Crippen molar-refractivity contribution in [2.75, 3.05) is 25.5 Å². The van der Waals surface area contributed by atoms with Gasteiger partial charge in [0.05, 0.1) is 5.41 Å². The van der Waals surface area contributed by atoms with Gasteiger partial charge in [0.15, 0.2) is 0 Å².